The normalized spacial score (nSPS) is 11.1. The van der Waals surface area contributed by atoms with Crippen molar-refractivity contribution in [2.45, 2.75) is 13.8 Å². The number of aromatic nitrogens is 5. The fraction of sp³-hybridized carbons (Fsp3) is 0.222. The largest absolute Gasteiger partial charge is 0.493 e. The highest BCUT2D eigenvalue weighted by Gasteiger charge is 2.18. The van der Waals surface area contributed by atoms with Crippen LogP contribution in [0.2, 0.25) is 0 Å². The Morgan fingerprint density at radius 1 is 0.962 bits per heavy atom. The van der Waals surface area contributed by atoms with Crippen LogP contribution in [0.4, 0.5) is 0 Å². The Morgan fingerprint density at radius 2 is 1.69 bits per heavy atom. The van der Waals surface area contributed by atoms with E-state index in [4.69, 9.17) is 14.6 Å². The minimum absolute atomic E-state index is 0.668. The van der Waals surface area contributed by atoms with Gasteiger partial charge in [-0.05, 0) is 32.0 Å². The van der Waals surface area contributed by atoms with E-state index in [1.807, 2.05) is 36.6 Å². The maximum Gasteiger partial charge on any atom is 0.213 e. The second-order valence-electron chi connectivity index (χ2n) is 5.74. The monoisotopic (exact) mass is 367 g/mol. The van der Waals surface area contributed by atoms with Crippen LogP contribution in [0, 0.1) is 13.8 Å². The van der Waals surface area contributed by atoms with E-state index in [1.165, 1.54) is 11.3 Å². The molecule has 0 amide bonds. The summed E-state index contributed by atoms with van der Waals surface area (Å²) in [5.41, 5.74) is 3.64. The van der Waals surface area contributed by atoms with Gasteiger partial charge in [0.15, 0.2) is 11.5 Å². The third-order valence-corrected chi connectivity index (χ3v) is 5.02. The summed E-state index contributed by atoms with van der Waals surface area (Å²) in [6, 6.07) is 5.75. The molecule has 8 heteroatoms. The summed E-state index contributed by atoms with van der Waals surface area (Å²) in [7, 11) is 3.24. The van der Waals surface area contributed by atoms with Crippen molar-refractivity contribution < 1.29 is 9.47 Å². The topological polar surface area (TPSA) is 74.4 Å². The molecule has 0 saturated heterocycles. The maximum atomic E-state index is 5.39. The molecule has 1 aromatic carbocycles. The van der Waals surface area contributed by atoms with Gasteiger partial charge in [0.05, 0.1) is 25.6 Å². The zero-order valence-electron chi connectivity index (χ0n) is 14.8. The number of rotatable bonds is 4. The van der Waals surface area contributed by atoms with Crippen LogP contribution in [-0.4, -0.2) is 38.8 Å². The molecule has 132 valence electrons. The van der Waals surface area contributed by atoms with Crippen LogP contribution in [0.5, 0.6) is 11.5 Å². The van der Waals surface area contributed by atoms with Gasteiger partial charge in [0, 0.05) is 23.5 Å². The molecule has 7 nitrogen and oxygen atoms in total. The molecule has 3 aromatic heterocycles. The van der Waals surface area contributed by atoms with Crippen LogP contribution >= 0.6 is 11.3 Å². The smallest absolute Gasteiger partial charge is 0.213 e. The first-order valence-corrected chi connectivity index (χ1v) is 8.80. The van der Waals surface area contributed by atoms with Crippen molar-refractivity contribution in [1.82, 2.24) is 24.6 Å². The fourth-order valence-corrected chi connectivity index (χ4v) is 3.72. The Labute approximate surface area is 154 Å². The summed E-state index contributed by atoms with van der Waals surface area (Å²) < 4.78 is 12.5. The number of nitrogens with zero attached hydrogens (tertiary/aromatic N) is 5. The molecule has 0 fully saturated rings. The van der Waals surface area contributed by atoms with Crippen LogP contribution < -0.4 is 9.47 Å². The van der Waals surface area contributed by atoms with Crippen molar-refractivity contribution in [3.8, 4) is 33.3 Å². The van der Waals surface area contributed by atoms with Gasteiger partial charge in [-0.1, -0.05) is 11.3 Å². The van der Waals surface area contributed by atoms with E-state index in [9.17, 15) is 0 Å². The van der Waals surface area contributed by atoms with Crippen molar-refractivity contribution >= 4 is 16.3 Å². The summed E-state index contributed by atoms with van der Waals surface area (Å²) in [4.78, 5) is 14.0. The lowest BCUT2D eigenvalue weighted by molar-refractivity contribution is 0.355. The zero-order valence-corrected chi connectivity index (χ0v) is 15.7. The van der Waals surface area contributed by atoms with Crippen molar-refractivity contribution in [3.05, 3.63) is 42.1 Å². The lowest BCUT2D eigenvalue weighted by Gasteiger charge is -2.08. The molecule has 4 aromatic rings. The first-order chi connectivity index (χ1) is 12.6. The summed E-state index contributed by atoms with van der Waals surface area (Å²) >= 11 is 1.52. The van der Waals surface area contributed by atoms with E-state index in [2.05, 4.69) is 15.0 Å². The van der Waals surface area contributed by atoms with Gasteiger partial charge in [0.1, 0.15) is 10.8 Å². The van der Waals surface area contributed by atoms with Crippen LogP contribution in [-0.2, 0) is 0 Å². The van der Waals surface area contributed by atoms with E-state index in [0.717, 1.165) is 38.3 Å². The second kappa shape index (κ2) is 6.38. The quantitative estimate of drug-likeness (QED) is 0.549. The highest BCUT2D eigenvalue weighted by molar-refractivity contribution is 7.19. The SMILES string of the molecule is COc1ccc(-c2nn3c(-c4cnc(C)nc4)c(C)nc3s2)cc1OC. The molecule has 0 aliphatic carbocycles. The fourth-order valence-electron chi connectivity index (χ4n) is 2.78. The molecule has 0 N–H and O–H groups in total. The summed E-state index contributed by atoms with van der Waals surface area (Å²) in [6.07, 6.45) is 3.60. The molecule has 0 radical (unpaired) electrons. The van der Waals surface area contributed by atoms with Crippen LogP contribution in [0.15, 0.2) is 30.6 Å². The standard InChI is InChI=1S/C18H17N5O2S/c1-10-16(13-8-19-11(2)20-9-13)23-18(21-10)26-17(22-23)12-5-6-14(24-3)15(7-12)25-4/h5-9H,1-4H3. The van der Waals surface area contributed by atoms with E-state index < -0.39 is 0 Å². The van der Waals surface area contributed by atoms with Crippen LogP contribution in [0.1, 0.15) is 11.5 Å². The van der Waals surface area contributed by atoms with Gasteiger partial charge >= 0.3 is 0 Å². The van der Waals surface area contributed by atoms with Gasteiger partial charge in [-0.2, -0.15) is 5.10 Å². The lowest BCUT2D eigenvalue weighted by atomic mass is 10.2. The van der Waals surface area contributed by atoms with Crippen molar-refractivity contribution in [1.29, 1.82) is 0 Å². The minimum atomic E-state index is 0.668. The number of fused-ring (bicyclic) bond motifs is 1. The van der Waals surface area contributed by atoms with Gasteiger partial charge in [-0.25, -0.2) is 19.5 Å². The molecule has 0 atom stereocenters. The van der Waals surface area contributed by atoms with Crippen molar-refractivity contribution in [2.24, 2.45) is 0 Å². The number of imidazole rings is 1. The Morgan fingerprint density at radius 3 is 2.38 bits per heavy atom. The molecule has 0 bridgehead atoms. The van der Waals surface area contributed by atoms with E-state index >= 15 is 0 Å². The summed E-state index contributed by atoms with van der Waals surface area (Å²) in [5.74, 6) is 2.09. The average molecular weight is 367 g/mol. The number of hydrogen-bond donors (Lipinski definition) is 0. The second-order valence-corrected chi connectivity index (χ2v) is 6.69. The first kappa shape index (κ1) is 16.5. The highest BCUT2D eigenvalue weighted by atomic mass is 32.1. The number of ether oxygens (including phenoxy) is 2. The molecule has 0 saturated carbocycles. The zero-order chi connectivity index (χ0) is 18.3. The Bertz CT molecular complexity index is 1090. The minimum Gasteiger partial charge on any atom is -0.493 e. The predicted molar refractivity (Wildman–Crippen MR) is 99.9 cm³/mol. The average Bonchev–Trinajstić information content (AvgIpc) is 3.18. The van der Waals surface area contributed by atoms with Crippen LogP contribution in [0.3, 0.4) is 0 Å². The molecular formula is C18H17N5O2S. The first-order valence-electron chi connectivity index (χ1n) is 7.98. The number of benzene rings is 1. The molecule has 3 heterocycles. The number of methoxy groups -OCH3 is 2. The van der Waals surface area contributed by atoms with Gasteiger partial charge in [0.2, 0.25) is 4.96 Å². The lowest BCUT2D eigenvalue weighted by Crippen LogP contribution is -1.94. The third-order valence-electron chi connectivity index (χ3n) is 4.06. The number of hydrogen-bond acceptors (Lipinski definition) is 7. The Balaban J connectivity index is 1.83. The molecular weight excluding hydrogens is 350 g/mol. The molecule has 0 aliphatic rings. The van der Waals surface area contributed by atoms with Gasteiger partial charge < -0.3 is 9.47 Å². The molecule has 0 unspecified atom stereocenters. The molecule has 0 spiro atoms. The third kappa shape index (κ3) is 2.68. The maximum absolute atomic E-state index is 5.39. The molecule has 26 heavy (non-hydrogen) atoms. The highest BCUT2D eigenvalue weighted by Crippen LogP contribution is 2.35. The number of aryl methyl sites for hydroxylation is 2. The van der Waals surface area contributed by atoms with E-state index in [1.54, 1.807) is 26.6 Å². The van der Waals surface area contributed by atoms with Gasteiger partial charge in [-0.3, -0.25) is 0 Å². The predicted octanol–water partition coefficient (Wildman–Crippen LogP) is 3.55. The molecule has 0 aliphatic heterocycles. The summed E-state index contributed by atoms with van der Waals surface area (Å²) in [5, 5.41) is 5.60. The summed E-state index contributed by atoms with van der Waals surface area (Å²) in [6.45, 7) is 3.83. The van der Waals surface area contributed by atoms with E-state index in [0.29, 0.717) is 11.5 Å². The van der Waals surface area contributed by atoms with E-state index in [-0.39, 0.29) is 0 Å². The van der Waals surface area contributed by atoms with Gasteiger partial charge in [-0.15, -0.1) is 0 Å². The van der Waals surface area contributed by atoms with Crippen molar-refractivity contribution in [3.63, 3.8) is 0 Å². The van der Waals surface area contributed by atoms with Crippen LogP contribution in [0.25, 0.3) is 26.8 Å². The molecule has 4 rings (SSSR count). The Kier molecular flexibility index (Phi) is 4.04. The van der Waals surface area contributed by atoms with Crippen molar-refractivity contribution in [2.75, 3.05) is 14.2 Å². The van der Waals surface area contributed by atoms with Gasteiger partial charge in [0.25, 0.3) is 0 Å². The Hall–Kier alpha value is -3.00.